The van der Waals surface area contributed by atoms with Crippen LogP contribution in [0.2, 0.25) is 0 Å². The van der Waals surface area contributed by atoms with Crippen LogP contribution in [0.15, 0.2) is 41.1 Å². The molecule has 0 heterocycles. The van der Waals surface area contributed by atoms with Crippen LogP contribution in [0.1, 0.15) is 12.5 Å². The highest BCUT2D eigenvalue weighted by Gasteiger charge is 2.15. The van der Waals surface area contributed by atoms with Crippen LogP contribution >= 0.6 is 63.7 Å². The Labute approximate surface area is 167 Å². The Hall–Kier alpha value is -0.570. The number of phenolic OH excluding ortho intramolecular Hbond substituents is 2. The van der Waals surface area contributed by atoms with Gasteiger partial charge in [-0.05, 0) is 88.8 Å². The van der Waals surface area contributed by atoms with E-state index < -0.39 is 0 Å². The van der Waals surface area contributed by atoms with Crippen LogP contribution in [-0.4, -0.2) is 23.0 Å². The van der Waals surface area contributed by atoms with Crippen molar-refractivity contribution >= 4 is 75.6 Å². The minimum absolute atomic E-state index is 0.00239. The van der Waals surface area contributed by atoms with E-state index in [1.165, 1.54) is 6.21 Å². The zero-order chi connectivity index (χ0) is 17.1. The Kier molecular flexibility index (Phi) is 6.53. The van der Waals surface area contributed by atoms with Crippen molar-refractivity contribution in [3.63, 3.8) is 0 Å². The monoisotopic (exact) mass is 569 g/mol. The third-order valence-corrected chi connectivity index (χ3v) is 6.06. The maximum atomic E-state index is 10.3. The summed E-state index contributed by atoms with van der Waals surface area (Å²) in [5, 5.41) is 20.1. The molecular formula is C15H11Br4NO3. The number of rotatable bonds is 4. The van der Waals surface area contributed by atoms with Gasteiger partial charge in [-0.15, -0.1) is 0 Å². The van der Waals surface area contributed by atoms with E-state index in [0.717, 1.165) is 4.47 Å². The van der Waals surface area contributed by atoms with Crippen molar-refractivity contribution in [2.75, 3.05) is 6.61 Å². The van der Waals surface area contributed by atoms with Gasteiger partial charge in [-0.3, -0.25) is 4.99 Å². The summed E-state index contributed by atoms with van der Waals surface area (Å²) in [6.07, 6.45) is 1.53. The maximum absolute atomic E-state index is 10.3. The first-order valence-electron chi connectivity index (χ1n) is 6.41. The lowest BCUT2D eigenvalue weighted by Gasteiger charge is -2.11. The van der Waals surface area contributed by atoms with E-state index in [4.69, 9.17) is 4.74 Å². The number of hydrogen-bond acceptors (Lipinski definition) is 4. The second-order valence-electron chi connectivity index (χ2n) is 4.38. The summed E-state index contributed by atoms with van der Waals surface area (Å²) in [6.45, 7) is 2.28. The largest absolute Gasteiger partial charge is 0.506 e. The minimum Gasteiger partial charge on any atom is -0.506 e. The second kappa shape index (κ2) is 8.00. The molecule has 0 radical (unpaired) electrons. The Morgan fingerprint density at radius 1 is 1.00 bits per heavy atom. The summed E-state index contributed by atoms with van der Waals surface area (Å²) in [6, 6.07) is 5.03. The lowest BCUT2D eigenvalue weighted by molar-refractivity contribution is 0.317. The fourth-order valence-corrected chi connectivity index (χ4v) is 3.75. The van der Waals surface area contributed by atoms with Gasteiger partial charge in [0, 0.05) is 15.2 Å². The van der Waals surface area contributed by atoms with Gasteiger partial charge in [-0.1, -0.05) is 0 Å². The lowest BCUT2D eigenvalue weighted by atomic mass is 10.2. The Bertz CT molecular complexity index is 755. The van der Waals surface area contributed by atoms with Crippen molar-refractivity contribution in [2.45, 2.75) is 6.92 Å². The molecule has 0 aliphatic carbocycles. The number of benzene rings is 2. The second-order valence-corrected chi connectivity index (χ2v) is 7.74. The van der Waals surface area contributed by atoms with Crippen molar-refractivity contribution in [3.8, 4) is 17.2 Å². The molecule has 0 saturated heterocycles. The first kappa shape index (κ1) is 18.8. The molecule has 2 rings (SSSR count). The smallest absolute Gasteiger partial charge is 0.167 e. The number of aliphatic imine (C=N–C) groups is 1. The molecule has 23 heavy (non-hydrogen) atoms. The van der Waals surface area contributed by atoms with Crippen molar-refractivity contribution in [1.29, 1.82) is 0 Å². The molecule has 2 N–H and O–H groups in total. The summed E-state index contributed by atoms with van der Waals surface area (Å²) in [4.78, 5) is 4.34. The Balaban J connectivity index is 2.47. The lowest BCUT2D eigenvalue weighted by Crippen LogP contribution is -1.95. The van der Waals surface area contributed by atoms with Gasteiger partial charge in [0.05, 0.1) is 26.8 Å². The van der Waals surface area contributed by atoms with Crippen LogP contribution in [0.4, 0.5) is 5.69 Å². The minimum atomic E-state index is 0.00239. The zero-order valence-electron chi connectivity index (χ0n) is 11.8. The molecule has 4 nitrogen and oxygen atoms in total. The molecule has 0 aromatic heterocycles. The highest BCUT2D eigenvalue weighted by atomic mass is 79.9. The molecule has 0 fully saturated rings. The number of aromatic hydroxyl groups is 2. The number of halogens is 4. The van der Waals surface area contributed by atoms with Crippen LogP contribution in [0, 0.1) is 0 Å². The van der Waals surface area contributed by atoms with Crippen molar-refractivity contribution < 1.29 is 14.9 Å². The highest BCUT2D eigenvalue weighted by molar-refractivity contribution is 9.13. The van der Waals surface area contributed by atoms with Gasteiger partial charge in [0.2, 0.25) is 0 Å². The van der Waals surface area contributed by atoms with Crippen LogP contribution in [0.3, 0.4) is 0 Å². The van der Waals surface area contributed by atoms with Crippen molar-refractivity contribution in [1.82, 2.24) is 0 Å². The van der Waals surface area contributed by atoms with Gasteiger partial charge in [-0.2, -0.15) is 0 Å². The Morgan fingerprint density at radius 3 is 2.17 bits per heavy atom. The standard InChI is InChI=1S/C15H11Br4NO3/c1-2-23-12-5-9(16)13(19)8(14(12)21)6-20-7-3-10(17)15(22)11(18)4-7/h3-6,21-22H,2H2,1H3. The average Bonchev–Trinajstić information content (AvgIpc) is 2.50. The number of ether oxygens (including phenoxy) is 1. The third kappa shape index (κ3) is 4.29. The summed E-state index contributed by atoms with van der Waals surface area (Å²) in [5.41, 5.74) is 1.09. The maximum Gasteiger partial charge on any atom is 0.167 e. The molecule has 0 amide bonds. The van der Waals surface area contributed by atoms with Gasteiger partial charge in [0.1, 0.15) is 5.75 Å². The quantitative estimate of drug-likeness (QED) is 0.423. The third-order valence-electron chi connectivity index (χ3n) is 2.84. The van der Waals surface area contributed by atoms with Gasteiger partial charge in [0.15, 0.2) is 11.5 Å². The van der Waals surface area contributed by atoms with Crippen LogP contribution in [-0.2, 0) is 0 Å². The summed E-state index contributed by atoms with van der Waals surface area (Å²) >= 11 is 13.3. The summed E-state index contributed by atoms with van der Waals surface area (Å²) < 4.78 is 7.86. The molecule has 0 spiro atoms. The van der Waals surface area contributed by atoms with Gasteiger partial charge < -0.3 is 14.9 Å². The SMILES string of the molecule is CCOc1cc(Br)c(Br)c(C=Nc2cc(Br)c(O)c(Br)c2)c1O. The molecule has 0 aliphatic rings. The van der Waals surface area contributed by atoms with Crippen LogP contribution in [0.5, 0.6) is 17.2 Å². The first-order valence-corrected chi connectivity index (χ1v) is 9.58. The molecule has 0 unspecified atom stereocenters. The Morgan fingerprint density at radius 2 is 1.61 bits per heavy atom. The zero-order valence-corrected chi connectivity index (χ0v) is 18.1. The average molecular weight is 573 g/mol. The molecule has 0 saturated carbocycles. The van der Waals surface area contributed by atoms with E-state index in [9.17, 15) is 10.2 Å². The van der Waals surface area contributed by atoms with Gasteiger partial charge in [0.25, 0.3) is 0 Å². The number of nitrogens with zero attached hydrogens (tertiary/aromatic N) is 1. The normalized spacial score (nSPS) is 11.2. The molecular weight excluding hydrogens is 562 g/mol. The molecule has 0 aliphatic heterocycles. The topological polar surface area (TPSA) is 62.0 Å². The van der Waals surface area contributed by atoms with Gasteiger partial charge >= 0.3 is 0 Å². The first-order chi connectivity index (χ1) is 10.8. The number of hydrogen-bond donors (Lipinski definition) is 2. The van der Waals surface area contributed by atoms with Crippen molar-refractivity contribution in [3.05, 3.63) is 41.7 Å². The fraction of sp³-hybridized carbons (Fsp3) is 0.133. The van der Waals surface area contributed by atoms with E-state index in [2.05, 4.69) is 68.7 Å². The number of phenols is 2. The van der Waals surface area contributed by atoms with Gasteiger partial charge in [-0.25, -0.2) is 0 Å². The molecule has 8 heteroatoms. The summed E-state index contributed by atoms with van der Waals surface area (Å²) in [7, 11) is 0. The highest BCUT2D eigenvalue weighted by Crippen LogP contribution is 2.40. The van der Waals surface area contributed by atoms with E-state index >= 15 is 0 Å². The molecule has 2 aromatic rings. The summed E-state index contributed by atoms with van der Waals surface area (Å²) in [5.74, 6) is 0.480. The molecule has 122 valence electrons. The predicted octanol–water partition coefficient (Wildman–Crippen LogP) is 6.30. The fourth-order valence-electron chi connectivity index (χ4n) is 1.76. The van der Waals surface area contributed by atoms with E-state index in [1.54, 1.807) is 18.2 Å². The van der Waals surface area contributed by atoms with Crippen molar-refractivity contribution in [2.24, 2.45) is 4.99 Å². The molecule has 2 aromatic carbocycles. The van der Waals surface area contributed by atoms with Crippen LogP contribution in [0.25, 0.3) is 0 Å². The molecule has 0 bridgehead atoms. The van der Waals surface area contributed by atoms with E-state index in [-0.39, 0.29) is 11.5 Å². The predicted molar refractivity (Wildman–Crippen MR) is 105 cm³/mol. The van der Waals surface area contributed by atoms with Crippen LogP contribution < -0.4 is 4.74 Å². The van der Waals surface area contributed by atoms with E-state index in [1.807, 2.05) is 6.92 Å². The van der Waals surface area contributed by atoms with E-state index in [0.29, 0.717) is 37.0 Å². The molecule has 0 atom stereocenters.